The number of aliphatic hydroxyl groups is 1. The van der Waals surface area contributed by atoms with Crippen molar-refractivity contribution in [2.24, 2.45) is 5.92 Å². The highest BCUT2D eigenvalue weighted by molar-refractivity contribution is 5.78. The summed E-state index contributed by atoms with van der Waals surface area (Å²) >= 11 is 0. The maximum absolute atomic E-state index is 9.46. The van der Waals surface area contributed by atoms with E-state index >= 15 is 0 Å². The van der Waals surface area contributed by atoms with Crippen LogP contribution in [0.15, 0.2) is 22.6 Å². The maximum atomic E-state index is 9.46. The number of aromatic nitrogens is 1. The van der Waals surface area contributed by atoms with Crippen LogP contribution in [0.3, 0.4) is 0 Å². The Balaban J connectivity index is 1.99. The van der Waals surface area contributed by atoms with Gasteiger partial charge >= 0.3 is 0 Å². The van der Waals surface area contributed by atoms with E-state index in [0.29, 0.717) is 23.2 Å². The number of hydrogen-bond acceptors (Lipinski definition) is 5. The van der Waals surface area contributed by atoms with E-state index in [1.54, 1.807) is 6.07 Å². The summed E-state index contributed by atoms with van der Waals surface area (Å²) in [6.45, 7) is 3.14. The highest BCUT2D eigenvalue weighted by Gasteiger charge is 2.33. The zero-order chi connectivity index (χ0) is 12.7. The molecule has 2 heterocycles. The Labute approximate surface area is 105 Å². The summed E-state index contributed by atoms with van der Waals surface area (Å²) in [6, 6.07) is 6.12. The first-order valence-corrected chi connectivity index (χ1v) is 6.22. The lowest BCUT2D eigenvalue weighted by molar-refractivity contribution is 0.242. The molecule has 1 saturated heterocycles. The zero-order valence-electron chi connectivity index (χ0n) is 10.3. The molecule has 2 atom stereocenters. The van der Waals surface area contributed by atoms with Gasteiger partial charge in [0.25, 0.3) is 6.01 Å². The molecular formula is C13H17N3O2. The molecular weight excluding hydrogens is 230 g/mol. The van der Waals surface area contributed by atoms with Gasteiger partial charge in [-0.2, -0.15) is 4.98 Å². The van der Waals surface area contributed by atoms with E-state index in [2.05, 4.69) is 11.9 Å². The van der Waals surface area contributed by atoms with Gasteiger partial charge in [0, 0.05) is 18.3 Å². The van der Waals surface area contributed by atoms with E-state index in [9.17, 15) is 5.11 Å². The molecule has 5 nitrogen and oxygen atoms in total. The summed E-state index contributed by atoms with van der Waals surface area (Å²) < 4.78 is 5.74. The number of benzene rings is 1. The number of anilines is 2. The van der Waals surface area contributed by atoms with Crippen LogP contribution in [-0.2, 0) is 0 Å². The monoisotopic (exact) mass is 247 g/mol. The van der Waals surface area contributed by atoms with Crippen molar-refractivity contribution in [2.45, 2.75) is 19.4 Å². The van der Waals surface area contributed by atoms with E-state index in [1.165, 1.54) is 0 Å². The van der Waals surface area contributed by atoms with Crippen LogP contribution in [0.25, 0.3) is 11.1 Å². The summed E-state index contributed by atoms with van der Waals surface area (Å²) in [6.07, 6.45) is 1.05. The van der Waals surface area contributed by atoms with Gasteiger partial charge in [-0.1, -0.05) is 6.92 Å². The molecule has 2 aromatic rings. The van der Waals surface area contributed by atoms with E-state index in [1.807, 2.05) is 17.0 Å². The molecule has 3 N–H and O–H groups in total. The maximum Gasteiger partial charge on any atom is 0.298 e. The summed E-state index contributed by atoms with van der Waals surface area (Å²) in [4.78, 5) is 6.50. The van der Waals surface area contributed by atoms with Crippen molar-refractivity contribution < 1.29 is 9.52 Å². The molecule has 5 heteroatoms. The molecule has 0 saturated carbocycles. The van der Waals surface area contributed by atoms with Gasteiger partial charge in [0.2, 0.25) is 0 Å². The van der Waals surface area contributed by atoms with Crippen LogP contribution in [0.2, 0.25) is 0 Å². The van der Waals surface area contributed by atoms with Crippen LogP contribution in [0, 0.1) is 5.92 Å². The standard InChI is InChI=1S/C13H17N3O2/c1-8-4-5-16(11(8)7-17)13-15-10-3-2-9(14)6-12(10)18-13/h2-3,6,8,11,17H,4-5,7,14H2,1H3. The Bertz CT molecular complexity index is 566. The first-order chi connectivity index (χ1) is 8.69. The molecule has 96 valence electrons. The fraction of sp³-hybridized carbons (Fsp3) is 0.462. The number of aliphatic hydroxyl groups excluding tert-OH is 1. The van der Waals surface area contributed by atoms with Gasteiger partial charge in [0.15, 0.2) is 5.58 Å². The van der Waals surface area contributed by atoms with Crippen molar-refractivity contribution in [3.05, 3.63) is 18.2 Å². The Hall–Kier alpha value is -1.75. The molecule has 1 aromatic carbocycles. The summed E-state index contributed by atoms with van der Waals surface area (Å²) in [5.74, 6) is 0.454. The van der Waals surface area contributed by atoms with Gasteiger partial charge in [0.05, 0.1) is 12.6 Å². The quantitative estimate of drug-likeness (QED) is 0.789. The third-order valence-corrected chi connectivity index (χ3v) is 3.72. The lowest BCUT2D eigenvalue weighted by Crippen LogP contribution is -2.35. The molecule has 1 aliphatic heterocycles. The summed E-state index contributed by atoms with van der Waals surface area (Å²) in [5.41, 5.74) is 7.88. The van der Waals surface area contributed by atoms with Crippen molar-refractivity contribution in [3.8, 4) is 0 Å². The molecule has 3 rings (SSSR count). The van der Waals surface area contributed by atoms with Gasteiger partial charge in [-0.05, 0) is 24.5 Å². The molecule has 1 aromatic heterocycles. The summed E-state index contributed by atoms with van der Waals surface area (Å²) in [7, 11) is 0. The molecule has 0 spiro atoms. The normalized spacial score (nSPS) is 24.0. The van der Waals surface area contributed by atoms with Gasteiger partial charge in [-0.25, -0.2) is 0 Å². The van der Waals surface area contributed by atoms with Crippen molar-refractivity contribution in [1.29, 1.82) is 0 Å². The number of nitrogens with two attached hydrogens (primary N) is 1. The predicted molar refractivity (Wildman–Crippen MR) is 70.4 cm³/mol. The van der Waals surface area contributed by atoms with E-state index in [-0.39, 0.29) is 12.6 Å². The number of oxazole rings is 1. The summed E-state index contributed by atoms with van der Waals surface area (Å²) in [5, 5.41) is 9.46. The largest absolute Gasteiger partial charge is 0.423 e. The Morgan fingerprint density at radius 3 is 3.17 bits per heavy atom. The zero-order valence-corrected chi connectivity index (χ0v) is 10.3. The minimum absolute atomic E-state index is 0.0930. The average Bonchev–Trinajstić information content (AvgIpc) is 2.91. The topological polar surface area (TPSA) is 75.5 Å². The average molecular weight is 247 g/mol. The van der Waals surface area contributed by atoms with Crippen molar-refractivity contribution in [1.82, 2.24) is 4.98 Å². The number of nitrogens with zero attached hydrogens (tertiary/aromatic N) is 2. The smallest absolute Gasteiger partial charge is 0.298 e. The SMILES string of the molecule is CC1CCN(c2nc3ccc(N)cc3o2)C1CO. The van der Waals surface area contributed by atoms with Crippen LogP contribution >= 0.6 is 0 Å². The fourth-order valence-electron chi connectivity index (χ4n) is 2.58. The van der Waals surface area contributed by atoms with Crippen molar-refractivity contribution in [2.75, 3.05) is 23.8 Å². The van der Waals surface area contributed by atoms with E-state index < -0.39 is 0 Å². The lowest BCUT2D eigenvalue weighted by Gasteiger charge is -2.22. The van der Waals surface area contributed by atoms with Crippen molar-refractivity contribution in [3.63, 3.8) is 0 Å². The van der Waals surface area contributed by atoms with E-state index in [4.69, 9.17) is 10.2 Å². The van der Waals surface area contributed by atoms with Crippen LogP contribution in [0.4, 0.5) is 11.7 Å². The number of fused-ring (bicyclic) bond motifs is 1. The Morgan fingerprint density at radius 2 is 2.39 bits per heavy atom. The minimum atomic E-state index is 0.0930. The predicted octanol–water partition coefficient (Wildman–Crippen LogP) is 1.62. The number of rotatable bonds is 2. The first kappa shape index (κ1) is 11.3. The molecule has 0 aliphatic carbocycles. The first-order valence-electron chi connectivity index (χ1n) is 6.22. The second-order valence-corrected chi connectivity index (χ2v) is 4.93. The molecule has 2 unspecified atom stereocenters. The highest BCUT2D eigenvalue weighted by atomic mass is 16.4. The second-order valence-electron chi connectivity index (χ2n) is 4.93. The van der Waals surface area contributed by atoms with Crippen molar-refractivity contribution >= 4 is 22.8 Å². The Kier molecular flexibility index (Phi) is 2.63. The highest BCUT2D eigenvalue weighted by Crippen LogP contribution is 2.31. The van der Waals surface area contributed by atoms with Gasteiger partial charge in [-0.15, -0.1) is 0 Å². The molecule has 0 amide bonds. The molecule has 0 bridgehead atoms. The Morgan fingerprint density at radius 1 is 1.56 bits per heavy atom. The third-order valence-electron chi connectivity index (χ3n) is 3.72. The van der Waals surface area contributed by atoms with Crippen LogP contribution in [0.1, 0.15) is 13.3 Å². The molecule has 0 radical (unpaired) electrons. The number of nitrogen functional groups attached to an aromatic ring is 1. The van der Waals surface area contributed by atoms with Crippen LogP contribution in [0.5, 0.6) is 0 Å². The van der Waals surface area contributed by atoms with Crippen LogP contribution < -0.4 is 10.6 Å². The van der Waals surface area contributed by atoms with Gasteiger partial charge in [0.1, 0.15) is 5.52 Å². The molecule has 1 aliphatic rings. The van der Waals surface area contributed by atoms with Gasteiger partial charge < -0.3 is 20.2 Å². The lowest BCUT2D eigenvalue weighted by atomic mass is 10.0. The number of hydrogen-bond donors (Lipinski definition) is 2. The van der Waals surface area contributed by atoms with E-state index in [0.717, 1.165) is 18.5 Å². The minimum Gasteiger partial charge on any atom is -0.423 e. The second kappa shape index (κ2) is 4.17. The van der Waals surface area contributed by atoms with Crippen LogP contribution in [-0.4, -0.2) is 29.3 Å². The fourth-order valence-corrected chi connectivity index (χ4v) is 2.58. The van der Waals surface area contributed by atoms with Gasteiger partial charge in [-0.3, -0.25) is 0 Å². The third kappa shape index (κ3) is 1.71. The molecule has 18 heavy (non-hydrogen) atoms. The molecule has 1 fully saturated rings.